The number of rotatable bonds is 2. The van der Waals surface area contributed by atoms with Gasteiger partial charge in [-0.2, -0.15) is 0 Å². The Balaban J connectivity index is 1.88. The van der Waals surface area contributed by atoms with Gasteiger partial charge in [0.2, 0.25) is 5.91 Å². The summed E-state index contributed by atoms with van der Waals surface area (Å²) in [6.45, 7) is 12.2. The Morgan fingerprint density at radius 1 is 1.30 bits per heavy atom. The second-order valence-corrected chi connectivity index (χ2v) is 7.15. The maximum atomic E-state index is 12.4. The third-order valence-corrected chi connectivity index (χ3v) is 4.52. The molecular weight excluding hydrogens is 254 g/mol. The monoisotopic (exact) mass is 283 g/mol. The van der Waals surface area contributed by atoms with Crippen LogP contribution in [-0.2, 0) is 9.53 Å². The van der Waals surface area contributed by atoms with Crippen molar-refractivity contribution in [1.29, 1.82) is 0 Å². The van der Waals surface area contributed by atoms with Crippen molar-refractivity contribution in [3.05, 3.63) is 0 Å². The van der Waals surface area contributed by atoms with Crippen LogP contribution >= 0.6 is 0 Å². The fourth-order valence-electron chi connectivity index (χ4n) is 3.29. The normalized spacial score (nSPS) is 35.0. The first-order valence-electron chi connectivity index (χ1n) is 7.69. The Labute approximate surface area is 122 Å². The highest BCUT2D eigenvalue weighted by Crippen LogP contribution is 2.27. The largest absolute Gasteiger partial charge is 0.372 e. The van der Waals surface area contributed by atoms with E-state index in [2.05, 4.69) is 18.7 Å². The fraction of sp³-hybridized carbons (Fsp3) is 0.933. The van der Waals surface area contributed by atoms with Gasteiger partial charge in [-0.1, -0.05) is 13.8 Å². The smallest absolute Gasteiger partial charge is 0.236 e. The van der Waals surface area contributed by atoms with Crippen LogP contribution in [0.2, 0.25) is 0 Å². The zero-order valence-electron chi connectivity index (χ0n) is 13.3. The average molecular weight is 283 g/mol. The highest BCUT2D eigenvalue weighted by atomic mass is 16.5. The van der Waals surface area contributed by atoms with Gasteiger partial charge in [-0.15, -0.1) is 0 Å². The lowest BCUT2D eigenvalue weighted by Crippen LogP contribution is -2.56. The quantitative estimate of drug-likeness (QED) is 0.810. The van der Waals surface area contributed by atoms with E-state index in [9.17, 15) is 4.79 Å². The van der Waals surface area contributed by atoms with Crippen LogP contribution in [0.4, 0.5) is 0 Å². The number of carbonyl (C=O) groups excluding carboxylic acids is 1. The predicted molar refractivity (Wildman–Crippen MR) is 79.4 cm³/mol. The van der Waals surface area contributed by atoms with E-state index in [1.54, 1.807) is 0 Å². The van der Waals surface area contributed by atoms with E-state index in [4.69, 9.17) is 10.5 Å². The zero-order valence-corrected chi connectivity index (χ0v) is 13.3. The van der Waals surface area contributed by atoms with E-state index in [-0.39, 0.29) is 29.6 Å². The van der Waals surface area contributed by atoms with Crippen molar-refractivity contribution in [3.63, 3.8) is 0 Å². The fourth-order valence-corrected chi connectivity index (χ4v) is 3.29. The second-order valence-electron chi connectivity index (χ2n) is 7.15. The molecule has 1 amide bonds. The molecule has 0 aromatic heterocycles. The molecule has 2 aliphatic heterocycles. The predicted octanol–water partition coefficient (Wildman–Crippen LogP) is 0.681. The molecule has 2 rings (SSSR count). The van der Waals surface area contributed by atoms with Gasteiger partial charge in [0.1, 0.15) is 0 Å². The van der Waals surface area contributed by atoms with Gasteiger partial charge >= 0.3 is 0 Å². The minimum atomic E-state index is 0.0874. The van der Waals surface area contributed by atoms with Crippen LogP contribution in [0, 0.1) is 5.41 Å². The molecule has 0 aromatic carbocycles. The van der Waals surface area contributed by atoms with Crippen molar-refractivity contribution in [2.75, 3.05) is 32.7 Å². The SMILES string of the molecule is CC1CN(C(=O)CN2CCC(N)C(C)(C)C2)CC(C)O1. The number of likely N-dealkylation sites (tertiary alicyclic amines) is 1. The Hall–Kier alpha value is -0.650. The molecule has 2 heterocycles. The summed E-state index contributed by atoms with van der Waals surface area (Å²) in [7, 11) is 0. The topological polar surface area (TPSA) is 58.8 Å². The van der Waals surface area contributed by atoms with Crippen LogP contribution in [0.1, 0.15) is 34.1 Å². The van der Waals surface area contributed by atoms with Crippen LogP contribution in [0.3, 0.4) is 0 Å². The first-order chi connectivity index (χ1) is 9.28. The summed E-state index contributed by atoms with van der Waals surface area (Å²) in [6, 6.07) is 0.234. The average Bonchev–Trinajstić information content (AvgIpc) is 2.32. The molecule has 3 unspecified atom stereocenters. The van der Waals surface area contributed by atoms with Gasteiger partial charge in [0.15, 0.2) is 0 Å². The molecule has 5 heteroatoms. The maximum Gasteiger partial charge on any atom is 0.236 e. The number of nitrogens with two attached hydrogens (primary N) is 1. The molecule has 20 heavy (non-hydrogen) atoms. The molecule has 0 aliphatic carbocycles. The summed E-state index contributed by atoms with van der Waals surface area (Å²) in [5.41, 5.74) is 6.23. The number of morpholine rings is 1. The molecule has 2 N–H and O–H groups in total. The van der Waals surface area contributed by atoms with E-state index >= 15 is 0 Å². The van der Waals surface area contributed by atoms with E-state index in [0.29, 0.717) is 19.6 Å². The summed E-state index contributed by atoms with van der Waals surface area (Å²) < 4.78 is 5.68. The van der Waals surface area contributed by atoms with Gasteiger partial charge in [0, 0.05) is 32.2 Å². The molecule has 116 valence electrons. The Morgan fingerprint density at radius 2 is 1.90 bits per heavy atom. The number of hydrogen-bond acceptors (Lipinski definition) is 4. The first-order valence-corrected chi connectivity index (χ1v) is 7.69. The van der Waals surface area contributed by atoms with E-state index in [1.807, 2.05) is 18.7 Å². The number of piperidine rings is 1. The minimum absolute atomic E-state index is 0.0874. The minimum Gasteiger partial charge on any atom is -0.372 e. The van der Waals surface area contributed by atoms with Gasteiger partial charge in [0.25, 0.3) is 0 Å². The van der Waals surface area contributed by atoms with Gasteiger partial charge in [-0.05, 0) is 25.7 Å². The van der Waals surface area contributed by atoms with E-state index in [0.717, 1.165) is 19.5 Å². The number of ether oxygens (including phenoxy) is 1. The first kappa shape index (κ1) is 15.7. The maximum absolute atomic E-state index is 12.4. The van der Waals surface area contributed by atoms with Crippen LogP contribution in [-0.4, -0.2) is 66.7 Å². The Morgan fingerprint density at radius 3 is 2.45 bits per heavy atom. The lowest BCUT2D eigenvalue weighted by molar-refractivity contribution is -0.145. The van der Waals surface area contributed by atoms with Crippen LogP contribution in [0.25, 0.3) is 0 Å². The summed E-state index contributed by atoms with van der Waals surface area (Å²) in [4.78, 5) is 16.6. The molecule has 2 aliphatic rings. The molecule has 0 bridgehead atoms. The zero-order chi connectivity index (χ0) is 14.9. The summed E-state index contributed by atoms with van der Waals surface area (Å²) in [5, 5.41) is 0. The standard InChI is InChI=1S/C15H29N3O2/c1-11-7-18(8-12(2)20-11)14(19)9-17-6-5-13(16)15(3,4)10-17/h11-13H,5-10,16H2,1-4H3. The lowest BCUT2D eigenvalue weighted by Gasteiger charge is -2.43. The van der Waals surface area contributed by atoms with Crippen molar-refractivity contribution in [3.8, 4) is 0 Å². The molecular formula is C15H29N3O2. The summed E-state index contributed by atoms with van der Waals surface area (Å²) >= 11 is 0. The van der Waals surface area contributed by atoms with Crippen molar-refractivity contribution >= 4 is 5.91 Å². The van der Waals surface area contributed by atoms with E-state index < -0.39 is 0 Å². The molecule has 3 atom stereocenters. The molecule has 2 saturated heterocycles. The molecule has 5 nitrogen and oxygen atoms in total. The van der Waals surface area contributed by atoms with Crippen LogP contribution in [0.5, 0.6) is 0 Å². The number of hydrogen-bond donors (Lipinski definition) is 1. The van der Waals surface area contributed by atoms with Crippen LogP contribution in [0.15, 0.2) is 0 Å². The van der Waals surface area contributed by atoms with E-state index in [1.165, 1.54) is 0 Å². The number of carbonyl (C=O) groups is 1. The molecule has 0 aromatic rings. The molecule has 0 radical (unpaired) electrons. The second kappa shape index (κ2) is 6.00. The van der Waals surface area contributed by atoms with Crippen molar-refractivity contribution in [1.82, 2.24) is 9.80 Å². The molecule has 0 spiro atoms. The Bertz CT molecular complexity index is 349. The Kier molecular flexibility index (Phi) is 4.72. The highest BCUT2D eigenvalue weighted by molar-refractivity contribution is 5.78. The van der Waals surface area contributed by atoms with Crippen molar-refractivity contribution < 1.29 is 9.53 Å². The molecule has 0 saturated carbocycles. The summed E-state index contributed by atoms with van der Waals surface area (Å²) in [5.74, 6) is 0.221. The number of amides is 1. The van der Waals surface area contributed by atoms with Crippen molar-refractivity contribution in [2.24, 2.45) is 11.1 Å². The van der Waals surface area contributed by atoms with Crippen LogP contribution < -0.4 is 5.73 Å². The highest BCUT2D eigenvalue weighted by Gasteiger charge is 2.35. The number of nitrogens with zero attached hydrogens (tertiary/aromatic N) is 2. The van der Waals surface area contributed by atoms with Gasteiger partial charge in [0.05, 0.1) is 18.8 Å². The molecule has 2 fully saturated rings. The van der Waals surface area contributed by atoms with Gasteiger partial charge in [-0.3, -0.25) is 9.69 Å². The third kappa shape index (κ3) is 3.71. The summed E-state index contributed by atoms with van der Waals surface area (Å²) in [6.07, 6.45) is 1.23. The lowest BCUT2D eigenvalue weighted by atomic mass is 9.80. The van der Waals surface area contributed by atoms with Crippen molar-refractivity contribution in [2.45, 2.75) is 52.4 Å². The third-order valence-electron chi connectivity index (χ3n) is 4.52. The van der Waals surface area contributed by atoms with Gasteiger partial charge in [-0.25, -0.2) is 0 Å². The van der Waals surface area contributed by atoms with Gasteiger partial charge < -0.3 is 15.4 Å².